The lowest BCUT2D eigenvalue weighted by molar-refractivity contribution is -0.114. The monoisotopic (exact) mass is 154 g/mol. The van der Waals surface area contributed by atoms with Crippen LogP contribution in [0.1, 0.15) is 32.1 Å². The van der Waals surface area contributed by atoms with Gasteiger partial charge in [-0.25, -0.2) is 0 Å². The van der Waals surface area contributed by atoms with Crippen molar-refractivity contribution in [3.63, 3.8) is 0 Å². The van der Waals surface area contributed by atoms with Gasteiger partial charge in [-0.15, -0.1) is 0 Å². The first-order chi connectivity index (χ1) is 5.37. The lowest BCUT2D eigenvalue weighted by Crippen LogP contribution is -2.27. The Bertz CT molecular complexity index is 155. The molecule has 1 atom stereocenters. The van der Waals surface area contributed by atoms with Crippen molar-refractivity contribution in [3.8, 4) is 0 Å². The molecule has 2 rings (SSSR count). The van der Waals surface area contributed by atoms with Gasteiger partial charge in [0.1, 0.15) is 5.60 Å². The first-order valence-corrected chi connectivity index (χ1v) is 4.48. The summed E-state index contributed by atoms with van der Waals surface area (Å²) in [5.41, 5.74) is -0.319. The van der Waals surface area contributed by atoms with E-state index in [1.54, 1.807) is 0 Å². The van der Waals surface area contributed by atoms with Crippen molar-refractivity contribution in [2.75, 3.05) is 6.61 Å². The highest BCUT2D eigenvalue weighted by molar-refractivity contribution is 5.66. The quantitative estimate of drug-likeness (QED) is 0.446. The van der Waals surface area contributed by atoms with E-state index < -0.39 is 0 Å². The third-order valence-corrected chi connectivity index (χ3v) is 2.97. The van der Waals surface area contributed by atoms with Gasteiger partial charge in [0.15, 0.2) is 6.29 Å². The van der Waals surface area contributed by atoms with Crippen LogP contribution in [0.3, 0.4) is 0 Å². The van der Waals surface area contributed by atoms with Gasteiger partial charge in [-0.05, 0) is 18.8 Å². The molecular formula is C9H14O2. The molecule has 0 aromatic carbocycles. The van der Waals surface area contributed by atoms with Crippen molar-refractivity contribution in [2.24, 2.45) is 5.92 Å². The van der Waals surface area contributed by atoms with E-state index in [0.29, 0.717) is 12.5 Å². The number of carbonyl (C=O) groups is 1. The van der Waals surface area contributed by atoms with Gasteiger partial charge in [0.2, 0.25) is 0 Å². The Morgan fingerprint density at radius 1 is 1.27 bits per heavy atom. The molecule has 0 N–H and O–H groups in total. The predicted octanol–water partition coefficient (Wildman–Crippen LogP) is 1.53. The van der Waals surface area contributed by atoms with Gasteiger partial charge in [-0.2, -0.15) is 0 Å². The van der Waals surface area contributed by atoms with Gasteiger partial charge < -0.3 is 9.53 Å². The third-order valence-electron chi connectivity index (χ3n) is 2.97. The van der Waals surface area contributed by atoms with Gasteiger partial charge in [-0.3, -0.25) is 0 Å². The molecule has 11 heavy (non-hydrogen) atoms. The maximum atomic E-state index is 10.7. The maximum absolute atomic E-state index is 10.7. The van der Waals surface area contributed by atoms with Gasteiger partial charge in [0, 0.05) is 0 Å². The summed E-state index contributed by atoms with van der Waals surface area (Å²) in [6.45, 7) is 0.682. The minimum absolute atomic E-state index is 0.319. The number of epoxide rings is 1. The molecule has 2 heteroatoms. The van der Waals surface area contributed by atoms with E-state index in [0.717, 1.165) is 6.29 Å². The van der Waals surface area contributed by atoms with Crippen molar-refractivity contribution < 1.29 is 9.53 Å². The Morgan fingerprint density at radius 2 is 1.91 bits per heavy atom. The van der Waals surface area contributed by atoms with Crippen LogP contribution >= 0.6 is 0 Å². The summed E-state index contributed by atoms with van der Waals surface area (Å²) in [5, 5.41) is 0. The van der Waals surface area contributed by atoms with Crippen LogP contribution in [0.2, 0.25) is 0 Å². The van der Waals surface area contributed by atoms with Crippen LogP contribution in [0.4, 0.5) is 0 Å². The molecule has 1 aliphatic heterocycles. The van der Waals surface area contributed by atoms with Crippen molar-refractivity contribution in [1.82, 2.24) is 0 Å². The third kappa shape index (κ3) is 1.20. The molecule has 1 saturated carbocycles. The minimum atomic E-state index is -0.319. The zero-order valence-corrected chi connectivity index (χ0v) is 6.71. The fraction of sp³-hybridized carbons (Fsp3) is 0.889. The number of carbonyl (C=O) groups excluding carboxylic acids is 1. The summed E-state index contributed by atoms with van der Waals surface area (Å²) in [7, 11) is 0. The average Bonchev–Trinajstić information content (AvgIpc) is 2.86. The molecular weight excluding hydrogens is 140 g/mol. The van der Waals surface area contributed by atoms with Gasteiger partial charge >= 0.3 is 0 Å². The second kappa shape index (κ2) is 2.59. The summed E-state index contributed by atoms with van der Waals surface area (Å²) in [6, 6.07) is 0. The largest absolute Gasteiger partial charge is 0.361 e. The molecule has 1 saturated heterocycles. The van der Waals surface area contributed by atoms with E-state index in [-0.39, 0.29) is 5.60 Å². The molecule has 1 aliphatic carbocycles. The zero-order valence-electron chi connectivity index (χ0n) is 6.71. The van der Waals surface area contributed by atoms with Crippen LogP contribution in [-0.4, -0.2) is 18.5 Å². The van der Waals surface area contributed by atoms with Crippen molar-refractivity contribution in [3.05, 3.63) is 0 Å². The Morgan fingerprint density at radius 3 is 2.36 bits per heavy atom. The van der Waals surface area contributed by atoms with Crippen molar-refractivity contribution in [2.45, 2.75) is 37.7 Å². The summed E-state index contributed by atoms with van der Waals surface area (Å²) in [5.74, 6) is 0.536. The summed E-state index contributed by atoms with van der Waals surface area (Å²) in [6.07, 6.45) is 7.30. The highest BCUT2D eigenvalue weighted by Crippen LogP contribution is 2.41. The Balaban J connectivity index is 1.97. The van der Waals surface area contributed by atoms with E-state index in [1.807, 2.05) is 0 Å². The van der Waals surface area contributed by atoms with Gasteiger partial charge in [0.05, 0.1) is 6.61 Å². The van der Waals surface area contributed by atoms with Crippen LogP contribution in [0.25, 0.3) is 0 Å². The van der Waals surface area contributed by atoms with E-state index in [4.69, 9.17) is 4.74 Å². The number of hydrogen-bond donors (Lipinski definition) is 0. The van der Waals surface area contributed by atoms with E-state index in [9.17, 15) is 4.79 Å². The lowest BCUT2D eigenvalue weighted by Gasteiger charge is -2.23. The Labute approximate surface area is 66.9 Å². The second-order valence-electron chi connectivity index (χ2n) is 3.70. The molecule has 1 unspecified atom stereocenters. The normalized spacial score (nSPS) is 38.5. The first-order valence-electron chi connectivity index (χ1n) is 4.48. The average molecular weight is 154 g/mol. The summed E-state index contributed by atoms with van der Waals surface area (Å²) >= 11 is 0. The summed E-state index contributed by atoms with van der Waals surface area (Å²) < 4.78 is 5.22. The maximum Gasteiger partial charge on any atom is 0.154 e. The lowest BCUT2D eigenvalue weighted by atomic mass is 9.81. The number of hydrogen-bond acceptors (Lipinski definition) is 2. The molecule has 2 aliphatic rings. The molecule has 0 aromatic heterocycles. The van der Waals surface area contributed by atoms with E-state index in [1.165, 1.54) is 32.1 Å². The number of rotatable bonds is 2. The molecule has 2 fully saturated rings. The van der Waals surface area contributed by atoms with Crippen LogP contribution in [-0.2, 0) is 9.53 Å². The fourth-order valence-corrected chi connectivity index (χ4v) is 2.07. The van der Waals surface area contributed by atoms with Gasteiger partial charge in [-0.1, -0.05) is 19.3 Å². The Kier molecular flexibility index (Phi) is 1.72. The van der Waals surface area contributed by atoms with Crippen LogP contribution in [0, 0.1) is 5.92 Å². The fourth-order valence-electron chi connectivity index (χ4n) is 2.07. The highest BCUT2D eigenvalue weighted by Gasteiger charge is 2.51. The molecule has 0 aromatic rings. The zero-order chi connectivity index (χ0) is 7.73. The molecule has 1 heterocycles. The molecule has 0 radical (unpaired) electrons. The summed E-state index contributed by atoms with van der Waals surface area (Å²) in [4.78, 5) is 10.7. The molecule has 62 valence electrons. The van der Waals surface area contributed by atoms with Crippen LogP contribution < -0.4 is 0 Å². The highest BCUT2D eigenvalue weighted by atomic mass is 16.6. The van der Waals surface area contributed by atoms with Crippen LogP contribution in [0.15, 0.2) is 0 Å². The molecule has 2 nitrogen and oxygen atoms in total. The number of aldehydes is 1. The van der Waals surface area contributed by atoms with E-state index >= 15 is 0 Å². The molecule has 0 amide bonds. The van der Waals surface area contributed by atoms with Crippen molar-refractivity contribution >= 4 is 6.29 Å². The van der Waals surface area contributed by atoms with Crippen LogP contribution in [0.5, 0.6) is 0 Å². The SMILES string of the molecule is O=CC1(C2CCCCC2)CO1. The minimum Gasteiger partial charge on any atom is -0.361 e. The first kappa shape index (κ1) is 7.29. The number of ether oxygens (including phenoxy) is 1. The Hall–Kier alpha value is -0.370. The van der Waals surface area contributed by atoms with E-state index in [2.05, 4.69) is 0 Å². The molecule has 0 bridgehead atoms. The standard InChI is InChI=1S/C9H14O2/c10-6-9(7-11-9)8-4-2-1-3-5-8/h6,8H,1-5,7H2. The van der Waals surface area contributed by atoms with Gasteiger partial charge in [0.25, 0.3) is 0 Å². The topological polar surface area (TPSA) is 29.6 Å². The second-order valence-corrected chi connectivity index (χ2v) is 3.70. The smallest absolute Gasteiger partial charge is 0.154 e. The molecule has 0 spiro atoms. The van der Waals surface area contributed by atoms with Crippen molar-refractivity contribution in [1.29, 1.82) is 0 Å². The predicted molar refractivity (Wildman–Crippen MR) is 41.3 cm³/mol.